The number of aryl methyl sites for hydroxylation is 1. The van der Waals surface area contributed by atoms with Crippen LogP contribution in [-0.4, -0.2) is 43.3 Å². The molecule has 0 saturated heterocycles. The second-order valence-corrected chi connectivity index (χ2v) is 6.33. The van der Waals surface area contributed by atoms with Gasteiger partial charge in [0.2, 0.25) is 10.0 Å². The number of halogens is 1. The van der Waals surface area contributed by atoms with Crippen molar-refractivity contribution >= 4 is 22.4 Å². The molecule has 0 atom stereocenters. The fourth-order valence-electron chi connectivity index (χ4n) is 1.71. The zero-order chi connectivity index (χ0) is 16.0. The highest BCUT2D eigenvalue weighted by atomic mass is 35.5. The van der Waals surface area contributed by atoms with Gasteiger partial charge in [-0.25, -0.2) is 18.1 Å². The quantitative estimate of drug-likeness (QED) is 0.657. The molecule has 8 nitrogen and oxygen atoms in total. The Morgan fingerprint density at radius 1 is 1.22 bits per heavy atom. The van der Waals surface area contributed by atoms with E-state index in [9.17, 15) is 8.42 Å². The highest BCUT2D eigenvalue weighted by Crippen LogP contribution is 2.16. The van der Waals surface area contributed by atoms with Crippen LogP contribution in [0, 0.1) is 0 Å². The lowest BCUT2D eigenvalue weighted by Gasteiger charge is -2.08. The lowest BCUT2D eigenvalue weighted by Crippen LogP contribution is -2.30. The highest BCUT2D eigenvalue weighted by Gasteiger charge is 2.13. The molecule has 10 heteroatoms. The first-order valence-corrected chi connectivity index (χ1v) is 8.21. The molecular weight excluding hydrogens is 342 g/mol. The lowest BCUT2D eigenvalue weighted by molar-refractivity contribution is 0.289. The lowest BCUT2D eigenvalue weighted by atomic mass is 10.3. The molecule has 0 aliphatic rings. The van der Waals surface area contributed by atoms with E-state index in [0.717, 1.165) is 0 Å². The normalized spacial score (nSPS) is 11.0. The Morgan fingerprint density at radius 3 is 2.48 bits per heavy atom. The van der Waals surface area contributed by atoms with Gasteiger partial charge in [0.15, 0.2) is 5.82 Å². The van der Waals surface area contributed by atoms with E-state index >= 15 is 0 Å². The van der Waals surface area contributed by atoms with Crippen molar-refractivity contribution in [3.8, 4) is 5.75 Å². The first kappa shape index (κ1) is 19.4. The number of ether oxygens (including phenoxy) is 1. The molecule has 0 radical (unpaired) electrons. The van der Waals surface area contributed by atoms with Gasteiger partial charge < -0.3 is 10.1 Å². The van der Waals surface area contributed by atoms with E-state index in [-0.39, 0.29) is 23.9 Å². The molecular formula is C13H20ClN5O3S. The van der Waals surface area contributed by atoms with Gasteiger partial charge in [0, 0.05) is 20.1 Å². The maximum atomic E-state index is 12.0. The van der Waals surface area contributed by atoms with Crippen LogP contribution in [-0.2, 0) is 23.7 Å². The van der Waals surface area contributed by atoms with Crippen LogP contribution in [0.25, 0.3) is 0 Å². The summed E-state index contributed by atoms with van der Waals surface area (Å²) in [6.07, 6.45) is 1.45. The molecule has 0 spiro atoms. The predicted octanol–water partition coefficient (Wildman–Crippen LogP) is 0.314. The number of hydrogen-bond acceptors (Lipinski definition) is 6. The van der Waals surface area contributed by atoms with Crippen LogP contribution in [0.15, 0.2) is 35.5 Å². The molecule has 0 aliphatic carbocycles. The van der Waals surface area contributed by atoms with Crippen molar-refractivity contribution in [2.45, 2.75) is 11.5 Å². The summed E-state index contributed by atoms with van der Waals surface area (Å²) in [5.74, 6) is 1.25. The summed E-state index contributed by atoms with van der Waals surface area (Å²) >= 11 is 0. The van der Waals surface area contributed by atoms with Gasteiger partial charge in [-0.1, -0.05) is 0 Å². The minimum absolute atomic E-state index is 0. The molecule has 2 N–H and O–H groups in total. The molecule has 1 aromatic heterocycles. The number of nitrogens with zero attached hydrogens (tertiary/aromatic N) is 3. The monoisotopic (exact) mass is 361 g/mol. The summed E-state index contributed by atoms with van der Waals surface area (Å²) in [4.78, 5) is 4.25. The average molecular weight is 362 g/mol. The van der Waals surface area contributed by atoms with Crippen molar-refractivity contribution in [1.82, 2.24) is 24.8 Å². The van der Waals surface area contributed by atoms with Crippen molar-refractivity contribution in [1.29, 1.82) is 0 Å². The number of nitrogens with one attached hydrogen (secondary N) is 2. The standard InChI is InChI=1S/C13H19N5O3S.ClH/c1-14-7-8-17-22(19,20)12-5-3-11(4-6-12)21-9-13-15-10-16-18(13)2;/h3-6,10,14,17H,7-9H2,1-2H3;1H. The number of likely N-dealkylation sites (N-methyl/N-ethyl adjacent to an activating group) is 1. The molecule has 128 valence electrons. The second-order valence-electron chi connectivity index (χ2n) is 4.56. The molecule has 0 amide bonds. The Bertz CT molecular complexity index is 703. The minimum Gasteiger partial charge on any atom is -0.486 e. The van der Waals surface area contributed by atoms with Crippen LogP contribution >= 0.6 is 12.4 Å². The minimum atomic E-state index is -3.49. The van der Waals surface area contributed by atoms with E-state index in [1.54, 1.807) is 30.9 Å². The SMILES string of the molecule is CNCCNS(=O)(=O)c1ccc(OCc2ncnn2C)cc1.Cl. The maximum absolute atomic E-state index is 12.0. The molecule has 0 aliphatic heterocycles. The van der Waals surface area contributed by atoms with Crippen molar-refractivity contribution in [3.05, 3.63) is 36.4 Å². The molecule has 1 aromatic carbocycles. The third kappa shape index (κ3) is 5.47. The number of rotatable bonds is 8. The van der Waals surface area contributed by atoms with E-state index < -0.39 is 10.0 Å². The van der Waals surface area contributed by atoms with Gasteiger partial charge >= 0.3 is 0 Å². The third-order valence-corrected chi connectivity index (χ3v) is 4.45. The Morgan fingerprint density at radius 2 is 1.91 bits per heavy atom. The van der Waals surface area contributed by atoms with E-state index in [1.807, 2.05) is 0 Å². The molecule has 2 aromatic rings. The number of sulfonamides is 1. The Kier molecular flexibility index (Phi) is 7.43. The largest absolute Gasteiger partial charge is 0.486 e. The van der Waals surface area contributed by atoms with E-state index in [2.05, 4.69) is 20.1 Å². The fraction of sp³-hybridized carbons (Fsp3) is 0.385. The molecule has 0 fully saturated rings. The van der Waals surface area contributed by atoms with Crippen molar-refractivity contribution in [2.24, 2.45) is 7.05 Å². The van der Waals surface area contributed by atoms with Crippen LogP contribution in [0.3, 0.4) is 0 Å². The highest BCUT2D eigenvalue weighted by molar-refractivity contribution is 7.89. The number of benzene rings is 1. The zero-order valence-electron chi connectivity index (χ0n) is 12.9. The molecule has 0 unspecified atom stereocenters. The third-order valence-electron chi connectivity index (χ3n) is 2.97. The summed E-state index contributed by atoms with van der Waals surface area (Å²) < 4.78 is 33.7. The maximum Gasteiger partial charge on any atom is 0.240 e. The van der Waals surface area contributed by atoms with Gasteiger partial charge in [-0.2, -0.15) is 5.10 Å². The second kappa shape index (κ2) is 8.82. The molecule has 1 heterocycles. The summed E-state index contributed by atoms with van der Waals surface area (Å²) in [6.45, 7) is 1.17. The van der Waals surface area contributed by atoms with Crippen molar-refractivity contribution in [3.63, 3.8) is 0 Å². The fourth-order valence-corrected chi connectivity index (χ4v) is 2.74. The van der Waals surface area contributed by atoms with Gasteiger partial charge in [0.1, 0.15) is 18.7 Å². The summed E-state index contributed by atoms with van der Waals surface area (Å²) in [5.41, 5.74) is 0. The van der Waals surface area contributed by atoms with Crippen LogP contribution in [0.1, 0.15) is 5.82 Å². The molecule has 0 bridgehead atoms. The number of aromatic nitrogens is 3. The van der Waals surface area contributed by atoms with Crippen LogP contribution in [0.2, 0.25) is 0 Å². The van der Waals surface area contributed by atoms with Gasteiger partial charge in [-0.3, -0.25) is 4.68 Å². The summed E-state index contributed by atoms with van der Waals surface area (Å²) in [7, 11) is 0.0513. The molecule has 23 heavy (non-hydrogen) atoms. The first-order valence-electron chi connectivity index (χ1n) is 6.73. The van der Waals surface area contributed by atoms with Crippen LogP contribution < -0.4 is 14.8 Å². The number of hydrogen-bond donors (Lipinski definition) is 2. The predicted molar refractivity (Wildman–Crippen MR) is 88.1 cm³/mol. The van der Waals surface area contributed by atoms with Crippen LogP contribution in [0.5, 0.6) is 5.75 Å². The Labute approximate surface area is 141 Å². The van der Waals surface area contributed by atoms with Gasteiger partial charge in [0.05, 0.1) is 4.90 Å². The molecule has 2 rings (SSSR count). The average Bonchev–Trinajstić information content (AvgIpc) is 2.91. The zero-order valence-corrected chi connectivity index (χ0v) is 14.5. The van der Waals surface area contributed by atoms with E-state index in [0.29, 0.717) is 24.7 Å². The van der Waals surface area contributed by atoms with Gasteiger partial charge in [-0.05, 0) is 31.3 Å². The summed E-state index contributed by atoms with van der Waals surface area (Å²) in [6, 6.07) is 6.24. The van der Waals surface area contributed by atoms with Gasteiger partial charge in [-0.15, -0.1) is 12.4 Å². The summed E-state index contributed by atoms with van der Waals surface area (Å²) in [5, 5.41) is 6.82. The topological polar surface area (TPSA) is 98.1 Å². The smallest absolute Gasteiger partial charge is 0.240 e. The van der Waals surface area contributed by atoms with E-state index in [1.165, 1.54) is 18.5 Å². The van der Waals surface area contributed by atoms with Gasteiger partial charge in [0.25, 0.3) is 0 Å². The first-order chi connectivity index (χ1) is 10.5. The Hall–Kier alpha value is -1.68. The van der Waals surface area contributed by atoms with Crippen LogP contribution in [0.4, 0.5) is 0 Å². The molecule has 0 saturated carbocycles. The van der Waals surface area contributed by atoms with E-state index in [4.69, 9.17) is 4.74 Å². The van der Waals surface area contributed by atoms with Crippen molar-refractivity contribution < 1.29 is 13.2 Å². The Balaban J connectivity index is 0.00000264. The van der Waals surface area contributed by atoms with Crippen molar-refractivity contribution in [2.75, 3.05) is 20.1 Å².